The molecule has 0 aliphatic rings. The summed E-state index contributed by atoms with van der Waals surface area (Å²) in [5.41, 5.74) is 2.18. The fraction of sp³-hybridized carbons (Fsp3) is 0.308. The van der Waals surface area contributed by atoms with E-state index in [1.54, 1.807) is 6.08 Å². The number of carboxylic acid groups (broad SMARTS) is 1. The zero-order chi connectivity index (χ0) is 11.8. The topological polar surface area (TPSA) is 37.3 Å². The summed E-state index contributed by atoms with van der Waals surface area (Å²) in [4.78, 5) is 10.4. The van der Waals surface area contributed by atoms with Gasteiger partial charge in [0.25, 0.3) is 0 Å². The molecule has 16 heavy (non-hydrogen) atoms. The van der Waals surface area contributed by atoms with Crippen LogP contribution in [-0.2, 0) is 10.5 Å². The van der Waals surface area contributed by atoms with Gasteiger partial charge in [0.2, 0.25) is 0 Å². The standard InChI is InChI=1S/C13H16O2S/c1-2-8-16-10-12-5-3-4-11(9-12)6-7-13(14)15/h3-7,9H,2,8,10H2,1H3,(H,14,15)/b7-6+. The van der Waals surface area contributed by atoms with Crippen molar-refractivity contribution in [1.82, 2.24) is 0 Å². The van der Waals surface area contributed by atoms with Crippen LogP contribution in [0, 0.1) is 0 Å². The van der Waals surface area contributed by atoms with Gasteiger partial charge < -0.3 is 5.11 Å². The van der Waals surface area contributed by atoms with Crippen molar-refractivity contribution in [3.8, 4) is 0 Å². The lowest BCUT2D eigenvalue weighted by Gasteiger charge is -2.01. The molecule has 0 aliphatic heterocycles. The summed E-state index contributed by atoms with van der Waals surface area (Å²) < 4.78 is 0. The molecule has 0 saturated heterocycles. The van der Waals surface area contributed by atoms with Crippen LogP contribution in [0.3, 0.4) is 0 Å². The quantitative estimate of drug-likeness (QED) is 0.607. The van der Waals surface area contributed by atoms with Crippen LogP contribution in [0.2, 0.25) is 0 Å². The summed E-state index contributed by atoms with van der Waals surface area (Å²) in [6, 6.07) is 7.97. The van der Waals surface area contributed by atoms with Gasteiger partial charge in [0.15, 0.2) is 0 Å². The minimum Gasteiger partial charge on any atom is -0.478 e. The molecule has 0 fully saturated rings. The fourth-order valence-electron chi connectivity index (χ4n) is 1.29. The second-order valence-electron chi connectivity index (χ2n) is 3.47. The second-order valence-corrected chi connectivity index (χ2v) is 4.57. The smallest absolute Gasteiger partial charge is 0.328 e. The molecule has 86 valence electrons. The van der Waals surface area contributed by atoms with E-state index in [9.17, 15) is 4.79 Å². The first kappa shape index (κ1) is 12.8. The summed E-state index contributed by atoms with van der Waals surface area (Å²) in [6.45, 7) is 2.17. The summed E-state index contributed by atoms with van der Waals surface area (Å²) in [6.07, 6.45) is 3.97. The van der Waals surface area contributed by atoms with Crippen molar-refractivity contribution in [2.45, 2.75) is 19.1 Å². The number of thioether (sulfide) groups is 1. The van der Waals surface area contributed by atoms with Crippen molar-refractivity contribution in [1.29, 1.82) is 0 Å². The summed E-state index contributed by atoms with van der Waals surface area (Å²) in [7, 11) is 0. The van der Waals surface area contributed by atoms with Gasteiger partial charge in [-0.05, 0) is 29.4 Å². The minimum absolute atomic E-state index is 0.911. The Kier molecular flexibility index (Phi) is 5.72. The number of carboxylic acids is 1. The van der Waals surface area contributed by atoms with E-state index < -0.39 is 5.97 Å². The van der Waals surface area contributed by atoms with E-state index >= 15 is 0 Å². The molecule has 1 aromatic rings. The van der Waals surface area contributed by atoms with Gasteiger partial charge >= 0.3 is 5.97 Å². The Morgan fingerprint density at radius 3 is 3.00 bits per heavy atom. The van der Waals surface area contributed by atoms with E-state index in [2.05, 4.69) is 13.0 Å². The van der Waals surface area contributed by atoms with Gasteiger partial charge in [0.1, 0.15) is 0 Å². The average molecular weight is 236 g/mol. The van der Waals surface area contributed by atoms with Gasteiger partial charge in [-0.15, -0.1) is 0 Å². The fourth-order valence-corrected chi connectivity index (χ4v) is 2.14. The zero-order valence-corrected chi connectivity index (χ0v) is 10.2. The van der Waals surface area contributed by atoms with Crippen LogP contribution < -0.4 is 0 Å². The maximum atomic E-state index is 10.4. The Hall–Kier alpha value is -1.22. The van der Waals surface area contributed by atoms with E-state index in [0.29, 0.717) is 0 Å². The monoisotopic (exact) mass is 236 g/mol. The number of benzene rings is 1. The molecule has 1 N–H and O–H groups in total. The number of hydrogen-bond donors (Lipinski definition) is 1. The van der Waals surface area contributed by atoms with Gasteiger partial charge in [-0.25, -0.2) is 4.79 Å². The summed E-state index contributed by atoms with van der Waals surface area (Å²) in [5.74, 6) is 1.24. The van der Waals surface area contributed by atoms with Crippen LogP contribution in [0.25, 0.3) is 6.08 Å². The molecule has 0 aliphatic carbocycles. The van der Waals surface area contributed by atoms with Crippen molar-refractivity contribution >= 4 is 23.8 Å². The van der Waals surface area contributed by atoms with Crippen LogP contribution in [0.4, 0.5) is 0 Å². The Labute approximate surface area is 100 Å². The molecule has 1 rings (SSSR count). The van der Waals surface area contributed by atoms with Crippen molar-refractivity contribution in [2.75, 3.05) is 5.75 Å². The van der Waals surface area contributed by atoms with E-state index in [-0.39, 0.29) is 0 Å². The van der Waals surface area contributed by atoms with Gasteiger partial charge in [0.05, 0.1) is 0 Å². The number of aliphatic carboxylic acids is 1. The molecular formula is C13H16O2S. The molecule has 3 heteroatoms. The Morgan fingerprint density at radius 1 is 1.50 bits per heavy atom. The molecule has 2 nitrogen and oxygen atoms in total. The van der Waals surface area contributed by atoms with Gasteiger partial charge in [-0.1, -0.05) is 31.2 Å². The SMILES string of the molecule is CCCSCc1cccc(/C=C/C(=O)O)c1. The number of rotatable bonds is 6. The van der Waals surface area contributed by atoms with Crippen LogP contribution in [0.1, 0.15) is 24.5 Å². The minimum atomic E-state index is -0.911. The molecular weight excluding hydrogens is 220 g/mol. The largest absolute Gasteiger partial charge is 0.478 e. The first-order chi connectivity index (χ1) is 7.72. The maximum absolute atomic E-state index is 10.4. The highest BCUT2D eigenvalue weighted by molar-refractivity contribution is 7.98. The highest BCUT2D eigenvalue weighted by atomic mass is 32.2. The van der Waals surface area contributed by atoms with Crippen LogP contribution in [0.5, 0.6) is 0 Å². The van der Waals surface area contributed by atoms with Crippen LogP contribution in [0.15, 0.2) is 30.3 Å². The van der Waals surface area contributed by atoms with Crippen LogP contribution >= 0.6 is 11.8 Å². The molecule has 0 saturated carbocycles. The third-order valence-electron chi connectivity index (χ3n) is 1.99. The first-order valence-corrected chi connectivity index (χ1v) is 6.45. The molecule has 0 radical (unpaired) electrons. The molecule has 0 heterocycles. The van der Waals surface area contributed by atoms with Gasteiger partial charge in [0, 0.05) is 11.8 Å². The predicted molar refractivity (Wildman–Crippen MR) is 69.6 cm³/mol. The van der Waals surface area contributed by atoms with E-state index in [0.717, 1.165) is 23.1 Å². The molecule has 1 aromatic carbocycles. The van der Waals surface area contributed by atoms with E-state index in [4.69, 9.17) is 5.11 Å². The van der Waals surface area contributed by atoms with Crippen molar-refractivity contribution in [3.05, 3.63) is 41.5 Å². The van der Waals surface area contributed by atoms with Crippen LogP contribution in [-0.4, -0.2) is 16.8 Å². The third-order valence-corrected chi connectivity index (χ3v) is 3.22. The average Bonchev–Trinajstić information content (AvgIpc) is 2.27. The Balaban J connectivity index is 2.60. The van der Waals surface area contributed by atoms with Crippen molar-refractivity contribution in [2.24, 2.45) is 0 Å². The van der Waals surface area contributed by atoms with Crippen molar-refractivity contribution < 1.29 is 9.90 Å². The van der Waals surface area contributed by atoms with Crippen molar-refractivity contribution in [3.63, 3.8) is 0 Å². The lowest BCUT2D eigenvalue weighted by molar-refractivity contribution is -0.131. The Bertz CT molecular complexity index is 372. The summed E-state index contributed by atoms with van der Waals surface area (Å²) >= 11 is 1.90. The highest BCUT2D eigenvalue weighted by Gasteiger charge is 1.95. The van der Waals surface area contributed by atoms with Gasteiger partial charge in [-0.2, -0.15) is 11.8 Å². The molecule has 0 aromatic heterocycles. The summed E-state index contributed by atoms with van der Waals surface area (Å²) in [5, 5.41) is 8.53. The molecule has 0 unspecified atom stereocenters. The normalized spacial score (nSPS) is 10.8. The lowest BCUT2D eigenvalue weighted by atomic mass is 10.1. The number of hydrogen-bond acceptors (Lipinski definition) is 2. The molecule has 0 spiro atoms. The van der Waals surface area contributed by atoms with Gasteiger partial charge in [-0.3, -0.25) is 0 Å². The Morgan fingerprint density at radius 2 is 2.31 bits per heavy atom. The first-order valence-electron chi connectivity index (χ1n) is 5.30. The maximum Gasteiger partial charge on any atom is 0.328 e. The predicted octanol–water partition coefficient (Wildman–Crippen LogP) is 3.43. The molecule has 0 amide bonds. The van der Waals surface area contributed by atoms with E-state index in [1.165, 1.54) is 12.0 Å². The lowest BCUT2D eigenvalue weighted by Crippen LogP contribution is -1.87. The van der Waals surface area contributed by atoms with E-state index in [1.807, 2.05) is 30.0 Å². The molecule has 0 atom stereocenters. The highest BCUT2D eigenvalue weighted by Crippen LogP contribution is 2.15. The zero-order valence-electron chi connectivity index (χ0n) is 9.35. The number of carbonyl (C=O) groups is 1. The molecule has 0 bridgehead atoms. The third kappa shape index (κ3) is 5.03. The second kappa shape index (κ2) is 7.12.